The van der Waals surface area contributed by atoms with E-state index >= 15 is 0 Å². The third-order valence-corrected chi connectivity index (χ3v) is 4.50. The van der Waals surface area contributed by atoms with Crippen molar-refractivity contribution in [3.63, 3.8) is 0 Å². The van der Waals surface area contributed by atoms with E-state index < -0.39 is 21.1 Å². The quantitative estimate of drug-likeness (QED) is 0.619. The molecule has 0 saturated carbocycles. The Kier molecular flexibility index (Phi) is 3.33. The number of nitro benzene ring substituents is 1. The third kappa shape index (κ3) is 2.66. The van der Waals surface area contributed by atoms with Crippen molar-refractivity contribution in [2.24, 2.45) is 0 Å². The molecule has 0 unspecified atom stereocenters. The number of nitrogens with zero attached hydrogens (tertiary/aromatic N) is 2. The van der Waals surface area contributed by atoms with Gasteiger partial charge in [0.25, 0.3) is 5.69 Å². The van der Waals surface area contributed by atoms with Gasteiger partial charge in [-0.1, -0.05) is 12.1 Å². The van der Waals surface area contributed by atoms with Crippen LogP contribution in [0.2, 0.25) is 0 Å². The number of hydrogen-bond acceptors (Lipinski definition) is 5. The number of sulfonamides is 1. The Morgan fingerprint density at radius 3 is 2.33 bits per heavy atom. The SMILES string of the molecule is O=[N+]([O-])c1ccc(CS(=O)(=O)N2CC(O)C2)cc1. The number of aliphatic hydroxyl groups is 1. The van der Waals surface area contributed by atoms with Crippen LogP contribution in [0.4, 0.5) is 5.69 Å². The van der Waals surface area contributed by atoms with Crippen molar-refractivity contribution in [2.45, 2.75) is 11.9 Å². The van der Waals surface area contributed by atoms with Crippen molar-refractivity contribution in [2.75, 3.05) is 13.1 Å². The zero-order valence-electron chi connectivity index (χ0n) is 9.39. The minimum Gasteiger partial charge on any atom is -0.390 e. The Hall–Kier alpha value is -1.51. The van der Waals surface area contributed by atoms with Gasteiger partial charge in [0.1, 0.15) is 0 Å². The molecule has 0 spiro atoms. The van der Waals surface area contributed by atoms with Gasteiger partial charge in [0, 0.05) is 25.2 Å². The summed E-state index contributed by atoms with van der Waals surface area (Å²) in [4.78, 5) is 9.91. The van der Waals surface area contributed by atoms with Gasteiger partial charge in [-0.2, -0.15) is 4.31 Å². The first-order valence-corrected chi connectivity index (χ1v) is 6.88. The molecule has 0 aliphatic carbocycles. The molecular formula is C10H12N2O5S. The van der Waals surface area contributed by atoms with Gasteiger partial charge in [0.05, 0.1) is 16.8 Å². The van der Waals surface area contributed by atoms with Crippen LogP contribution in [-0.2, 0) is 15.8 Å². The normalized spacial score (nSPS) is 17.4. The van der Waals surface area contributed by atoms with Gasteiger partial charge < -0.3 is 5.11 Å². The predicted molar refractivity (Wildman–Crippen MR) is 63.3 cm³/mol. The lowest BCUT2D eigenvalue weighted by Gasteiger charge is -2.34. The smallest absolute Gasteiger partial charge is 0.269 e. The van der Waals surface area contributed by atoms with Crippen LogP contribution in [0, 0.1) is 10.1 Å². The fourth-order valence-corrected chi connectivity index (χ4v) is 3.25. The highest BCUT2D eigenvalue weighted by atomic mass is 32.2. The first kappa shape index (κ1) is 12.9. The molecule has 0 aromatic heterocycles. The second-order valence-electron chi connectivity index (χ2n) is 4.15. The maximum absolute atomic E-state index is 11.8. The minimum atomic E-state index is -3.44. The summed E-state index contributed by atoms with van der Waals surface area (Å²) < 4.78 is 24.8. The van der Waals surface area contributed by atoms with Crippen molar-refractivity contribution >= 4 is 15.7 Å². The number of non-ortho nitro benzene ring substituents is 1. The van der Waals surface area contributed by atoms with Crippen LogP contribution >= 0.6 is 0 Å². The number of aliphatic hydroxyl groups excluding tert-OH is 1. The van der Waals surface area contributed by atoms with E-state index in [4.69, 9.17) is 5.11 Å². The molecule has 1 saturated heterocycles. The lowest BCUT2D eigenvalue weighted by atomic mass is 10.2. The summed E-state index contributed by atoms with van der Waals surface area (Å²) in [7, 11) is -3.44. The second kappa shape index (κ2) is 4.63. The summed E-state index contributed by atoms with van der Waals surface area (Å²) in [5, 5.41) is 19.5. The molecule has 1 fully saturated rings. The van der Waals surface area contributed by atoms with Crippen molar-refractivity contribution in [1.29, 1.82) is 0 Å². The van der Waals surface area contributed by atoms with Gasteiger partial charge in [-0.3, -0.25) is 10.1 Å². The fourth-order valence-electron chi connectivity index (χ4n) is 1.66. The molecule has 0 amide bonds. The number of benzene rings is 1. The summed E-state index contributed by atoms with van der Waals surface area (Å²) in [5.74, 6) is -0.211. The fraction of sp³-hybridized carbons (Fsp3) is 0.400. The molecule has 0 bridgehead atoms. The Morgan fingerprint density at radius 1 is 1.33 bits per heavy atom. The Bertz CT molecular complexity index is 548. The number of β-amino-alcohol motifs (C(OH)–C–C–N with tert-alkyl or cyclic N) is 1. The second-order valence-corrected chi connectivity index (χ2v) is 6.12. The monoisotopic (exact) mass is 272 g/mol. The number of hydrogen-bond donors (Lipinski definition) is 1. The van der Waals surface area contributed by atoms with Crippen LogP contribution in [0.3, 0.4) is 0 Å². The van der Waals surface area contributed by atoms with Crippen LogP contribution in [0.5, 0.6) is 0 Å². The lowest BCUT2D eigenvalue weighted by Crippen LogP contribution is -2.53. The minimum absolute atomic E-state index is 0.0736. The van der Waals surface area contributed by atoms with Gasteiger partial charge in [-0.05, 0) is 5.56 Å². The first-order chi connectivity index (χ1) is 8.38. The molecule has 1 aromatic rings. The molecule has 1 heterocycles. The van der Waals surface area contributed by atoms with Gasteiger partial charge in [-0.25, -0.2) is 8.42 Å². The van der Waals surface area contributed by atoms with Gasteiger partial charge in [-0.15, -0.1) is 0 Å². The highest BCUT2D eigenvalue weighted by Crippen LogP contribution is 2.19. The molecule has 1 aliphatic rings. The van der Waals surface area contributed by atoms with Crippen LogP contribution in [0.15, 0.2) is 24.3 Å². The molecule has 18 heavy (non-hydrogen) atoms. The molecule has 8 heteroatoms. The molecular weight excluding hydrogens is 260 g/mol. The zero-order valence-corrected chi connectivity index (χ0v) is 10.2. The van der Waals surface area contributed by atoms with E-state index in [0.717, 1.165) is 0 Å². The molecule has 0 radical (unpaired) electrons. The van der Waals surface area contributed by atoms with E-state index in [0.29, 0.717) is 5.56 Å². The van der Waals surface area contributed by atoms with Gasteiger partial charge in [0.2, 0.25) is 10.0 Å². The van der Waals surface area contributed by atoms with E-state index in [1.165, 1.54) is 28.6 Å². The maximum Gasteiger partial charge on any atom is 0.269 e. The summed E-state index contributed by atoms with van der Waals surface area (Å²) in [6.07, 6.45) is -0.586. The summed E-state index contributed by atoms with van der Waals surface area (Å²) in [6, 6.07) is 5.39. The van der Waals surface area contributed by atoms with Gasteiger partial charge in [0.15, 0.2) is 0 Å². The number of rotatable bonds is 4. The summed E-state index contributed by atoms with van der Waals surface area (Å²) in [6.45, 7) is 0.241. The summed E-state index contributed by atoms with van der Waals surface area (Å²) in [5.41, 5.74) is 0.414. The molecule has 1 aliphatic heterocycles. The Balaban J connectivity index is 2.07. The topological polar surface area (TPSA) is 101 Å². The predicted octanol–water partition coefficient (Wildman–Crippen LogP) is 0.101. The molecule has 7 nitrogen and oxygen atoms in total. The highest BCUT2D eigenvalue weighted by Gasteiger charge is 2.34. The Labute approximate surface area is 104 Å². The molecule has 1 N–H and O–H groups in total. The van der Waals surface area contributed by atoms with Crippen molar-refractivity contribution in [1.82, 2.24) is 4.31 Å². The van der Waals surface area contributed by atoms with Gasteiger partial charge >= 0.3 is 0 Å². The average Bonchev–Trinajstić information content (AvgIpc) is 2.25. The van der Waals surface area contributed by atoms with Crippen molar-refractivity contribution < 1.29 is 18.4 Å². The maximum atomic E-state index is 11.8. The first-order valence-electron chi connectivity index (χ1n) is 5.28. The number of nitro groups is 1. The average molecular weight is 272 g/mol. The molecule has 98 valence electrons. The molecule has 2 rings (SSSR count). The van der Waals surface area contributed by atoms with Crippen LogP contribution in [-0.4, -0.2) is 41.9 Å². The standard InChI is InChI=1S/C10H12N2O5S/c13-10-5-11(6-10)18(16,17)7-8-1-3-9(4-2-8)12(14)15/h1-4,10,13H,5-7H2. The van der Waals surface area contributed by atoms with Crippen molar-refractivity contribution in [3.05, 3.63) is 39.9 Å². The lowest BCUT2D eigenvalue weighted by molar-refractivity contribution is -0.384. The molecule has 0 atom stereocenters. The van der Waals surface area contributed by atoms with E-state index in [-0.39, 0.29) is 24.5 Å². The zero-order chi connectivity index (χ0) is 13.3. The largest absolute Gasteiger partial charge is 0.390 e. The third-order valence-electron chi connectivity index (χ3n) is 2.72. The van der Waals surface area contributed by atoms with E-state index in [9.17, 15) is 18.5 Å². The van der Waals surface area contributed by atoms with E-state index in [1.807, 2.05) is 0 Å². The summed E-state index contributed by atoms with van der Waals surface area (Å²) >= 11 is 0. The molecule has 1 aromatic carbocycles. The van der Waals surface area contributed by atoms with E-state index in [2.05, 4.69) is 0 Å². The van der Waals surface area contributed by atoms with Crippen LogP contribution in [0.1, 0.15) is 5.56 Å². The highest BCUT2D eigenvalue weighted by molar-refractivity contribution is 7.88. The van der Waals surface area contributed by atoms with Crippen LogP contribution < -0.4 is 0 Å². The van der Waals surface area contributed by atoms with E-state index in [1.54, 1.807) is 0 Å². The van der Waals surface area contributed by atoms with Crippen LogP contribution in [0.25, 0.3) is 0 Å². The van der Waals surface area contributed by atoms with Crippen molar-refractivity contribution in [3.8, 4) is 0 Å². The Morgan fingerprint density at radius 2 is 1.89 bits per heavy atom.